The summed E-state index contributed by atoms with van der Waals surface area (Å²) in [5.74, 6) is 0. The molecule has 0 heterocycles. The molecule has 0 aromatic carbocycles. The smallest absolute Gasteiger partial charge is 0.0615 e. The summed E-state index contributed by atoms with van der Waals surface area (Å²) in [4.78, 5) is 2.29. The highest BCUT2D eigenvalue weighted by Crippen LogP contribution is 2.11. The number of ether oxygens (including phenoxy) is 1. The molecule has 0 radical (unpaired) electrons. The SMILES string of the molecule is CNC(C)(CO)CCCN(C)C(C)COC. The zero-order valence-electron chi connectivity index (χ0n) is 11.4. The van der Waals surface area contributed by atoms with Gasteiger partial charge in [-0.3, -0.25) is 0 Å². The van der Waals surface area contributed by atoms with E-state index in [1.165, 1.54) is 0 Å². The molecular formula is C12H28N2O2. The van der Waals surface area contributed by atoms with Gasteiger partial charge in [0.25, 0.3) is 0 Å². The fourth-order valence-electron chi connectivity index (χ4n) is 1.59. The van der Waals surface area contributed by atoms with Gasteiger partial charge in [-0.2, -0.15) is 0 Å². The summed E-state index contributed by atoms with van der Waals surface area (Å²) in [6, 6.07) is 0.444. The van der Waals surface area contributed by atoms with Gasteiger partial charge in [0, 0.05) is 18.7 Å². The van der Waals surface area contributed by atoms with Crippen LogP contribution in [0.4, 0.5) is 0 Å². The van der Waals surface area contributed by atoms with E-state index in [0.29, 0.717) is 6.04 Å². The van der Waals surface area contributed by atoms with E-state index in [0.717, 1.165) is 26.0 Å². The Morgan fingerprint density at radius 1 is 1.50 bits per heavy atom. The Labute approximate surface area is 100.0 Å². The Morgan fingerprint density at radius 2 is 2.12 bits per heavy atom. The Balaban J connectivity index is 3.80. The van der Waals surface area contributed by atoms with Crippen LogP contribution in [0.25, 0.3) is 0 Å². The highest BCUT2D eigenvalue weighted by molar-refractivity contribution is 4.80. The summed E-state index contributed by atoms with van der Waals surface area (Å²) in [7, 11) is 5.74. The molecule has 2 unspecified atom stereocenters. The molecule has 0 amide bonds. The number of hydrogen-bond donors (Lipinski definition) is 2. The number of likely N-dealkylation sites (N-methyl/N-ethyl adjacent to an activating group) is 2. The maximum absolute atomic E-state index is 9.25. The van der Waals surface area contributed by atoms with Crippen molar-refractivity contribution in [3.05, 3.63) is 0 Å². The molecule has 0 aliphatic carbocycles. The zero-order valence-corrected chi connectivity index (χ0v) is 11.4. The maximum Gasteiger partial charge on any atom is 0.0615 e. The lowest BCUT2D eigenvalue weighted by Gasteiger charge is -2.29. The number of aliphatic hydroxyl groups is 1. The summed E-state index contributed by atoms with van der Waals surface area (Å²) < 4.78 is 5.12. The second kappa shape index (κ2) is 8.01. The molecule has 4 nitrogen and oxygen atoms in total. The molecule has 0 aromatic rings. The minimum atomic E-state index is -0.147. The summed E-state index contributed by atoms with van der Waals surface area (Å²) in [6.07, 6.45) is 2.05. The van der Waals surface area contributed by atoms with Gasteiger partial charge in [-0.1, -0.05) is 0 Å². The van der Waals surface area contributed by atoms with E-state index >= 15 is 0 Å². The topological polar surface area (TPSA) is 44.7 Å². The third-order valence-electron chi connectivity index (χ3n) is 3.35. The molecule has 2 atom stereocenters. The van der Waals surface area contributed by atoms with Crippen molar-refractivity contribution in [2.75, 3.05) is 41.0 Å². The molecule has 0 fully saturated rings. The number of rotatable bonds is 9. The molecule has 4 heteroatoms. The van der Waals surface area contributed by atoms with E-state index in [2.05, 4.69) is 24.2 Å². The van der Waals surface area contributed by atoms with Gasteiger partial charge in [0.05, 0.1) is 13.2 Å². The molecular weight excluding hydrogens is 204 g/mol. The van der Waals surface area contributed by atoms with Gasteiger partial charge in [-0.25, -0.2) is 0 Å². The summed E-state index contributed by atoms with van der Waals surface area (Å²) >= 11 is 0. The molecule has 16 heavy (non-hydrogen) atoms. The van der Waals surface area contributed by atoms with E-state index < -0.39 is 0 Å². The van der Waals surface area contributed by atoms with Gasteiger partial charge in [-0.15, -0.1) is 0 Å². The van der Waals surface area contributed by atoms with Crippen LogP contribution in [0.3, 0.4) is 0 Å². The monoisotopic (exact) mass is 232 g/mol. The first kappa shape index (κ1) is 15.8. The van der Waals surface area contributed by atoms with Gasteiger partial charge in [-0.05, 0) is 47.3 Å². The van der Waals surface area contributed by atoms with Gasteiger partial charge in [0.1, 0.15) is 0 Å². The lowest BCUT2D eigenvalue weighted by molar-refractivity contribution is 0.109. The van der Waals surface area contributed by atoms with E-state index in [9.17, 15) is 5.11 Å². The minimum Gasteiger partial charge on any atom is -0.394 e. The van der Waals surface area contributed by atoms with Crippen molar-refractivity contribution >= 4 is 0 Å². The van der Waals surface area contributed by atoms with Crippen molar-refractivity contribution in [2.24, 2.45) is 0 Å². The molecule has 0 saturated heterocycles. The number of hydrogen-bond acceptors (Lipinski definition) is 4. The van der Waals surface area contributed by atoms with Crippen LogP contribution in [0.2, 0.25) is 0 Å². The molecule has 0 bridgehead atoms. The van der Waals surface area contributed by atoms with Crippen molar-refractivity contribution in [2.45, 2.75) is 38.3 Å². The first-order chi connectivity index (χ1) is 7.49. The average Bonchev–Trinajstić information content (AvgIpc) is 2.29. The Hall–Kier alpha value is -0.160. The quantitative estimate of drug-likeness (QED) is 0.614. The van der Waals surface area contributed by atoms with Crippen LogP contribution in [-0.4, -0.2) is 62.6 Å². The van der Waals surface area contributed by atoms with Gasteiger partial charge in [0.15, 0.2) is 0 Å². The molecule has 2 N–H and O–H groups in total. The van der Waals surface area contributed by atoms with E-state index in [-0.39, 0.29) is 12.1 Å². The summed E-state index contributed by atoms with van der Waals surface area (Å²) in [5, 5.41) is 12.4. The van der Waals surface area contributed by atoms with Crippen molar-refractivity contribution in [3.63, 3.8) is 0 Å². The predicted molar refractivity (Wildman–Crippen MR) is 67.8 cm³/mol. The molecule has 0 saturated carbocycles. The van der Waals surface area contributed by atoms with E-state index in [1.54, 1.807) is 7.11 Å². The second-order valence-corrected chi connectivity index (χ2v) is 4.86. The Morgan fingerprint density at radius 3 is 2.56 bits per heavy atom. The lowest BCUT2D eigenvalue weighted by Crippen LogP contribution is -2.44. The van der Waals surface area contributed by atoms with Gasteiger partial charge < -0.3 is 20.1 Å². The fourth-order valence-corrected chi connectivity index (χ4v) is 1.59. The van der Waals surface area contributed by atoms with Gasteiger partial charge >= 0.3 is 0 Å². The third-order valence-corrected chi connectivity index (χ3v) is 3.35. The van der Waals surface area contributed by atoms with Crippen molar-refractivity contribution < 1.29 is 9.84 Å². The largest absolute Gasteiger partial charge is 0.394 e. The number of methoxy groups -OCH3 is 1. The van der Waals surface area contributed by atoms with Crippen LogP contribution in [0.15, 0.2) is 0 Å². The Bertz CT molecular complexity index is 172. The molecule has 0 aromatic heterocycles. The van der Waals surface area contributed by atoms with Crippen LogP contribution in [0, 0.1) is 0 Å². The van der Waals surface area contributed by atoms with Crippen molar-refractivity contribution in [1.82, 2.24) is 10.2 Å². The standard InChI is InChI=1S/C12H28N2O2/c1-11(9-16-5)14(4)8-6-7-12(2,10-15)13-3/h11,13,15H,6-10H2,1-5H3. The van der Waals surface area contributed by atoms with Gasteiger partial charge in [0.2, 0.25) is 0 Å². The normalized spacial score (nSPS) is 17.4. The molecule has 98 valence electrons. The maximum atomic E-state index is 9.25. The van der Waals surface area contributed by atoms with Crippen LogP contribution in [0.5, 0.6) is 0 Å². The van der Waals surface area contributed by atoms with Crippen LogP contribution < -0.4 is 5.32 Å². The predicted octanol–water partition coefficient (Wildman–Crippen LogP) is 0.704. The van der Waals surface area contributed by atoms with Crippen LogP contribution >= 0.6 is 0 Å². The zero-order chi connectivity index (χ0) is 12.6. The van der Waals surface area contributed by atoms with Crippen molar-refractivity contribution in [1.29, 1.82) is 0 Å². The van der Waals surface area contributed by atoms with Crippen LogP contribution in [0.1, 0.15) is 26.7 Å². The Kier molecular flexibility index (Phi) is 7.93. The summed E-state index contributed by atoms with van der Waals surface area (Å²) in [5.41, 5.74) is -0.147. The second-order valence-electron chi connectivity index (χ2n) is 4.86. The molecule has 0 aliphatic rings. The number of nitrogens with zero attached hydrogens (tertiary/aromatic N) is 1. The highest BCUT2D eigenvalue weighted by atomic mass is 16.5. The summed E-state index contributed by atoms with van der Waals surface area (Å²) in [6.45, 7) is 6.18. The highest BCUT2D eigenvalue weighted by Gasteiger charge is 2.20. The van der Waals surface area contributed by atoms with E-state index in [4.69, 9.17) is 4.74 Å². The third kappa shape index (κ3) is 5.80. The molecule has 0 rings (SSSR count). The van der Waals surface area contributed by atoms with Crippen LogP contribution in [-0.2, 0) is 4.74 Å². The number of nitrogens with one attached hydrogen (secondary N) is 1. The number of aliphatic hydroxyl groups excluding tert-OH is 1. The van der Waals surface area contributed by atoms with E-state index in [1.807, 2.05) is 14.0 Å². The fraction of sp³-hybridized carbons (Fsp3) is 1.00. The first-order valence-electron chi connectivity index (χ1n) is 5.98. The van der Waals surface area contributed by atoms with Crippen molar-refractivity contribution in [3.8, 4) is 0 Å². The molecule has 0 aliphatic heterocycles. The lowest BCUT2D eigenvalue weighted by atomic mass is 9.97. The minimum absolute atomic E-state index is 0.147. The molecule has 0 spiro atoms. The first-order valence-corrected chi connectivity index (χ1v) is 5.98. The average molecular weight is 232 g/mol.